The van der Waals surface area contributed by atoms with Gasteiger partial charge in [0.2, 0.25) is 0 Å². The molecular formula is C25H19N3O6S2. The van der Waals surface area contributed by atoms with Crippen LogP contribution in [-0.4, -0.2) is 34.8 Å². The number of para-hydroxylation sites is 1. The molecule has 182 valence electrons. The highest BCUT2D eigenvalue weighted by Gasteiger charge is 2.34. The third-order valence-corrected chi connectivity index (χ3v) is 6.30. The van der Waals surface area contributed by atoms with Crippen molar-refractivity contribution in [3.05, 3.63) is 93.4 Å². The normalized spacial score (nSPS) is 14.1. The number of anilines is 2. The molecule has 4 rings (SSSR count). The van der Waals surface area contributed by atoms with Crippen LogP contribution in [0.4, 0.5) is 17.1 Å². The summed E-state index contributed by atoms with van der Waals surface area (Å²) in [7, 11) is 1.47. The number of thiocarbonyl (C=S) groups is 1. The number of amides is 2. The van der Waals surface area contributed by atoms with Gasteiger partial charge in [-0.3, -0.25) is 24.6 Å². The number of hydrogen-bond donors (Lipinski definition) is 1. The molecular weight excluding hydrogens is 502 g/mol. The van der Waals surface area contributed by atoms with Crippen molar-refractivity contribution < 1.29 is 24.0 Å². The van der Waals surface area contributed by atoms with Gasteiger partial charge in [-0.25, -0.2) is 0 Å². The number of methoxy groups -OCH3 is 1. The van der Waals surface area contributed by atoms with Crippen LogP contribution in [0.2, 0.25) is 0 Å². The van der Waals surface area contributed by atoms with Crippen molar-refractivity contribution in [2.45, 2.75) is 0 Å². The van der Waals surface area contributed by atoms with E-state index in [1.54, 1.807) is 42.5 Å². The van der Waals surface area contributed by atoms with Gasteiger partial charge in [0, 0.05) is 17.8 Å². The molecule has 0 aliphatic carbocycles. The molecule has 0 bridgehead atoms. The second-order valence-electron chi connectivity index (χ2n) is 7.41. The molecule has 2 amide bonds. The van der Waals surface area contributed by atoms with Gasteiger partial charge >= 0.3 is 0 Å². The molecule has 0 aromatic heterocycles. The monoisotopic (exact) mass is 521 g/mol. The van der Waals surface area contributed by atoms with Gasteiger partial charge in [0.05, 0.1) is 22.6 Å². The highest BCUT2D eigenvalue weighted by atomic mass is 32.2. The van der Waals surface area contributed by atoms with Gasteiger partial charge < -0.3 is 14.8 Å². The lowest BCUT2D eigenvalue weighted by atomic mass is 10.1. The second-order valence-corrected chi connectivity index (χ2v) is 9.08. The van der Waals surface area contributed by atoms with Crippen molar-refractivity contribution in [1.82, 2.24) is 0 Å². The third-order valence-electron chi connectivity index (χ3n) is 4.99. The molecule has 1 saturated heterocycles. The lowest BCUT2D eigenvalue weighted by Gasteiger charge is -2.14. The average Bonchev–Trinajstić information content (AvgIpc) is 3.16. The lowest BCUT2D eigenvalue weighted by Crippen LogP contribution is -2.27. The van der Waals surface area contributed by atoms with Gasteiger partial charge in [-0.15, -0.1) is 0 Å². The molecule has 3 aromatic rings. The van der Waals surface area contributed by atoms with Crippen LogP contribution in [0.1, 0.15) is 5.56 Å². The number of non-ortho nitro benzene ring substituents is 1. The Labute approximate surface area is 215 Å². The minimum Gasteiger partial charge on any atom is -0.493 e. The van der Waals surface area contributed by atoms with E-state index in [2.05, 4.69) is 5.32 Å². The number of rotatable bonds is 8. The van der Waals surface area contributed by atoms with Crippen molar-refractivity contribution in [3.8, 4) is 11.5 Å². The standard InChI is InChI=1S/C25H19N3O6S2/c1-33-21-12-16(10-11-20(21)34-15-23(29)26-17-6-3-2-4-7-17)13-22-24(30)27(25(35)36-22)18-8-5-9-19(14-18)28(31)32/h2-14H,15H2,1H3,(H,26,29)/b22-13+. The van der Waals surface area contributed by atoms with Gasteiger partial charge in [-0.05, 0) is 42.0 Å². The van der Waals surface area contributed by atoms with Crippen molar-refractivity contribution in [2.24, 2.45) is 0 Å². The van der Waals surface area contributed by atoms with Crippen LogP contribution in [0.3, 0.4) is 0 Å². The zero-order valence-corrected chi connectivity index (χ0v) is 20.5. The summed E-state index contributed by atoms with van der Waals surface area (Å²) >= 11 is 6.44. The summed E-state index contributed by atoms with van der Waals surface area (Å²) < 4.78 is 11.3. The predicted octanol–water partition coefficient (Wildman–Crippen LogP) is 5.03. The molecule has 0 saturated carbocycles. The lowest BCUT2D eigenvalue weighted by molar-refractivity contribution is -0.384. The SMILES string of the molecule is COc1cc(/C=C2/SC(=S)N(c3cccc([N+](=O)[O-])c3)C2=O)ccc1OCC(=O)Nc1ccccc1. The van der Waals surface area contributed by atoms with Crippen LogP contribution in [0.25, 0.3) is 6.08 Å². The Balaban J connectivity index is 1.47. The van der Waals surface area contributed by atoms with E-state index >= 15 is 0 Å². The molecule has 1 N–H and O–H groups in total. The van der Waals surface area contributed by atoms with Crippen LogP contribution >= 0.6 is 24.0 Å². The molecule has 1 aliphatic heterocycles. The molecule has 1 aliphatic rings. The van der Waals surface area contributed by atoms with Gasteiger partial charge in [0.25, 0.3) is 17.5 Å². The quantitative estimate of drug-likeness (QED) is 0.190. The zero-order valence-electron chi connectivity index (χ0n) is 18.9. The fraction of sp³-hybridized carbons (Fsp3) is 0.0800. The van der Waals surface area contributed by atoms with E-state index in [0.717, 1.165) is 11.8 Å². The third kappa shape index (κ3) is 5.70. The van der Waals surface area contributed by atoms with E-state index in [1.165, 1.54) is 30.2 Å². The minimum absolute atomic E-state index is 0.136. The van der Waals surface area contributed by atoms with E-state index < -0.39 is 4.92 Å². The summed E-state index contributed by atoms with van der Waals surface area (Å²) in [5, 5.41) is 13.8. The van der Waals surface area contributed by atoms with Crippen molar-refractivity contribution in [2.75, 3.05) is 23.9 Å². The zero-order chi connectivity index (χ0) is 25.7. The number of ether oxygens (including phenoxy) is 2. The smallest absolute Gasteiger partial charge is 0.271 e. The minimum atomic E-state index is -0.530. The van der Waals surface area contributed by atoms with E-state index in [1.807, 2.05) is 18.2 Å². The predicted molar refractivity (Wildman–Crippen MR) is 142 cm³/mol. The fourth-order valence-corrected chi connectivity index (χ4v) is 4.64. The van der Waals surface area contributed by atoms with Crippen LogP contribution in [0.5, 0.6) is 11.5 Å². The van der Waals surface area contributed by atoms with Gasteiger partial charge in [0.1, 0.15) is 0 Å². The van der Waals surface area contributed by atoms with Crippen LogP contribution in [0.15, 0.2) is 77.7 Å². The Morgan fingerprint density at radius 3 is 2.61 bits per heavy atom. The Bertz CT molecular complexity index is 1380. The van der Waals surface area contributed by atoms with E-state index in [9.17, 15) is 19.7 Å². The first kappa shape index (κ1) is 24.9. The summed E-state index contributed by atoms with van der Waals surface area (Å²) in [4.78, 5) is 37.4. The molecule has 11 heteroatoms. The number of benzene rings is 3. The van der Waals surface area contributed by atoms with Crippen LogP contribution in [0, 0.1) is 10.1 Å². The molecule has 3 aromatic carbocycles. The maximum Gasteiger partial charge on any atom is 0.271 e. The molecule has 0 unspecified atom stereocenters. The topological polar surface area (TPSA) is 111 Å². The van der Waals surface area contributed by atoms with Crippen molar-refractivity contribution in [1.29, 1.82) is 0 Å². The van der Waals surface area contributed by atoms with E-state index in [-0.39, 0.29) is 28.4 Å². The number of hydrogen-bond acceptors (Lipinski definition) is 8. The number of thioether (sulfide) groups is 1. The number of nitrogens with zero attached hydrogens (tertiary/aromatic N) is 2. The second kappa shape index (κ2) is 11.0. The van der Waals surface area contributed by atoms with Crippen LogP contribution < -0.4 is 19.7 Å². The largest absolute Gasteiger partial charge is 0.493 e. The van der Waals surface area contributed by atoms with E-state index in [4.69, 9.17) is 21.7 Å². The molecule has 0 spiro atoms. The average molecular weight is 522 g/mol. The number of nitro groups is 1. The Kier molecular flexibility index (Phi) is 7.62. The van der Waals surface area contributed by atoms with Crippen molar-refractivity contribution in [3.63, 3.8) is 0 Å². The first-order chi connectivity index (χ1) is 17.4. The maximum absolute atomic E-state index is 13.0. The molecule has 1 fully saturated rings. The highest BCUT2D eigenvalue weighted by Crippen LogP contribution is 2.38. The Morgan fingerprint density at radius 2 is 1.89 bits per heavy atom. The van der Waals surface area contributed by atoms with Crippen LogP contribution in [-0.2, 0) is 9.59 Å². The van der Waals surface area contributed by atoms with E-state index in [0.29, 0.717) is 33.3 Å². The summed E-state index contributed by atoms with van der Waals surface area (Å²) in [5.41, 5.74) is 1.50. The summed E-state index contributed by atoms with van der Waals surface area (Å²) in [6, 6.07) is 19.8. The Morgan fingerprint density at radius 1 is 1.11 bits per heavy atom. The first-order valence-electron chi connectivity index (χ1n) is 10.5. The first-order valence-corrected chi connectivity index (χ1v) is 11.8. The van der Waals surface area contributed by atoms with Gasteiger partial charge in [0.15, 0.2) is 22.4 Å². The highest BCUT2D eigenvalue weighted by molar-refractivity contribution is 8.27. The van der Waals surface area contributed by atoms with Gasteiger partial charge in [-0.1, -0.05) is 54.3 Å². The molecule has 1 heterocycles. The number of carbonyl (C=O) groups excluding carboxylic acids is 2. The fourth-order valence-electron chi connectivity index (χ4n) is 3.34. The summed E-state index contributed by atoms with van der Waals surface area (Å²) in [6.45, 7) is -0.216. The summed E-state index contributed by atoms with van der Waals surface area (Å²) in [5.74, 6) is 0.0342. The number of carbonyl (C=O) groups is 2. The maximum atomic E-state index is 13.0. The van der Waals surface area contributed by atoms with Gasteiger partial charge in [-0.2, -0.15) is 0 Å². The van der Waals surface area contributed by atoms with Crippen molar-refractivity contribution >= 4 is 63.3 Å². The molecule has 9 nitrogen and oxygen atoms in total. The Hall–Kier alpha value is -4.22. The number of nitro benzene ring substituents is 1. The molecule has 0 radical (unpaired) electrons. The molecule has 0 atom stereocenters. The molecule has 36 heavy (non-hydrogen) atoms. The summed E-state index contributed by atoms with van der Waals surface area (Å²) in [6.07, 6.45) is 1.64. The number of nitrogens with one attached hydrogen (secondary N) is 1.